The largest absolute Gasteiger partial charge is 0.324 e. The second-order valence-corrected chi connectivity index (χ2v) is 4.05. The molecule has 1 heterocycles. The molecule has 0 saturated heterocycles. The Morgan fingerprint density at radius 1 is 1.50 bits per heavy atom. The molecule has 0 fully saturated rings. The summed E-state index contributed by atoms with van der Waals surface area (Å²) in [6.07, 6.45) is 1.58. The number of nitro groups is 1. The van der Waals surface area contributed by atoms with E-state index in [-0.39, 0.29) is 5.69 Å². The summed E-state index contributed by atoms with van der Waals surface area (Å²) in [5.41, 5.74) is 3.87. The maximum absolute atomic E-state index is 10.8. The van der Waals surface area contributed by atoms with E-state index in [4.69, 9.17) is 17.4 Å². The molecule has 2 rings (SSSR count). The lowest BCUT2D eigenvalue weighted by molar-refractivity contribution is -0.384. The predicted molar refractivity (Wildman–Crippen MR) is 67.8 cm³/mol. The monoisotopic (exact) mass is 267 g/mol. The van der Waals surface area contributed by atoms with Crippen molar-refractivity contribution in [2.75, 3.05) is 5.43 Å². The van der Waals surface area contributed by atoms with Crippen molar-refractivity contribution >= 4 is 23.0 Å². The molecule has 18 heavy (non-hydrogen) atoms. The molecule has 0 atom stereocenters. The second-order valence-electron chi connectivity index (χ2n) is 3.65. The fourth-order valence-electron chi connectivity index (χ4n) is 1.49. The number of hydrogen-bond donors (Lipinski definition) is 2. The van der Waals surface area contributed by atoms with Gasteiger partial charge in [-0.2, -0.15) is 5.10 Å². The van der Waals surface area contributed by atoms with Crippen molar-refractivity contribution in [3.05, 3.63) is 45.2 Å². The van der Waals surface area contributed by atoms with E-state index in [1.54, 1.807) is 19.2 Å². The lowest BCUT2D eigenvalue weighted by Crippen LogP contribution is -2.08. The number of nitrogen functional groups attached to an aromatic ring is 1. The van der Waals surface area contributed by atoms with Gasteiger partial charge in [-0.25, -0.2) is 4.68 Å². The van der Waals surface area contributed by atoms with Gasteiger partial charge in [-0.3, -0.25) is 16.0 Å². The van der Waals surface area contributed by atoms with Crippen LogP contribution in [0, 0.1) is 17.0 Å². The molecule has 0 aliphatic heterocycles. The molecule has 0 aliphatic carbocycles. The zero-order chi connectivity index (χ0) is 13.3. The lowest BCUT2D eigenvalue weighted by Gasteiger charge is -2.05. The fourth-order valence-corrected chi connectivity index (χ4v) is 1.62. The first-order chi connectivity index (χ1) is 8.51. The van der Waals surface area contributed by atoms with Crippen LogP contribution in [0.5, 0.6) is 0 Å². The van der Waals surface area contributed by atoms with Crippen LogP contribution in [-0.4, -0.2) is 14.7 Å². The minimum atomic E-state index is -0.498. The first-order valence-electron chi connectivity index (χ1n) is 4.99. The van der Waals surface area contributed by atoms with E-state index >= 15 is 0 Å². The van der Waals surface area contributed by atoms with Gasteiger partial charge in [-0.1, -0.05) is 11.6 Å². The van der Waals surface area contributed by atoms with Crippen LogP contribution < -0.4 is 11.3 Å². The Kier molecular flexibility index (Phi) is 3.17. The summed E-state index contributed by atoms with van der Waals surface area (Å²) in [4.78, 5) is 10.3. The number of hydrogen-bond acceptors (Lipinski definition) is 5. The highest BCUT2D eigenvalue weighted by atomic mass is 35.5. The Balaban J connectivity index is 2.56. The minimum Gasteiger partial charge on any atom is -0.324 e. The van der Waals surface area contributed by atoms with Crippen LogP contribution in [-0.2, 0) is 0 Å². The number of halogens is 1. The predicted octanol–water partition coefficient (Wildman–Crippen LogP) is 2.03. The summed E-state index contributed by atoms with van der Waals surface area (Å²) < 4.78 is 1.46. The molecule has 94 valence electrons. The van der Waals surface area contributed by atoms with Crippen LogP contribution in [0.15, 0.2) is 24.4 Å². The number of nitrogens with two attached hydrogens (primary N) is 1. The zero-order valence-corrected chi connectivity index (χ0v) is 10.2. The molecule has 0 aliphatic rings. The third-order valence-corrected chi connectivity index (χ3v) is 2.75. The molecule has 2 aromatic rings. The summed E-state index contributed by atoms with van der Waals surface area (Å²) in [5, 5.41) is 15.4. The topological polar surface area (TPSA) is 99.0 Å². The zero-order valence-electron chi connectivity index (χ0n) is 9.42. The number of nitro benzene ring substituents is 1. The molecule has 3 N–H and O–H groups in total. The molecular formula is C10H10ClN5O2. The van der Waals surface area contributed by atoms with Crippen molar-refractivity contribution in [1.29, 1.82) is 0 Å². The number of hydrazine groups is 1. The number of non-ortho nitro benzene ring substituents is 1. The maximum Gasteiger partial charge on any atom is 0.273 e. The Labute approximate surface area is 107 Å². The standard InChI is InChI=1S/C10H10ClN5O2/c1-6-10(11)5-15(14-6)8-2-7(13-12)3-9(4-8)16(17)18/h2-5,13H,12H2,1H3. The van der Waals surface area contributed by atoms with Gasteiger partial charge in [0.25, 0.3) is 5.69 Å². The maximum atomic E-state index is 10.8. The van der Waals surface area contributed by atoms with Gasteiger partial charge in [0.05, 0.1) is 27.0 Å². The molecule has 0 unspecified atom stereocenters. The highest BCUT2D eigenvalue weighted by molar-refractivity contribution is 6.31. The molecule has 1 aromatic heterocycles. The SMILES string of the molecule is Cc1nn(-c2cc(NN)cc([N+](=O)[O-])c2)cc1Cl. The smallest absolute Gasteiger partial charge is 0.273 e. The quantitative estimate of drug-likeness (QED) is 0.503. The summed E-state index contributed by atoms with van der Waals surface area (Å²) in [7, 11) is 0. The summed E-state index contributed by atoms with van der Waals surface area (Å²) in [6, 6.07) is 4.36. The minimum absolute atomic E-state index is 0.0790. The first-order valence-corrected chi connectivity index (χ1v) is 5.37. The molecule has 0 amide bonds. The van der Waals surface area contributed by atoms with Crippen LogP contribution in [0.1, 0.15) is 5.69 Å². The van der Waals surface area contributed by atoms with Gasteiger partial charge in [0, 0.05) is 18.3 Å². The number of benzene rings is 1. The molecule has 0 bridgehead atoms. The molecule has 0 spiro atoms. The van der Waals surface area contributed by atoms with Crippen LogP contribution in [0.2, 0.25) is 5.02 Å². The average molecular weight is 268 g/mol. The third kappa shape index (κ3) is 2.27. The highest BCUT2D eigenvalue weighted by Crippen LogP contribution is 2.24. The van der Waals surface area contributed by atoms with Crippen LogP contribution in [0.4, 0.5) is 11.4 Å². The summed E-state index contributed by atoms with van der Waals surface area (Å²) >= 11 is 5.90. The number of aryl methyl sites for hydroxylation is 1. The van der Waals surface area contributed by atoms with Gasteiger partial charge in [0.15, 0.2) is 0 Å². The van der Waals surface area contributed by atoms with E-state index in [0.717, 1.165) is 0 Å². The summed E-state index contributed by atoms with van der Waals surface area (Å²) in [5.74, 6) is 5.27. The van der Waals surface area contributed by atoms with Gasteiger partial charge in [-0.15, -0.1) is 0 Å². The van der Waals surface area contributed by atoms with Gasteiger partial charge in [0.2, 0.25) is 0 Å². The van der Waals surface area contributed by atoms with Crippen molar-refractivity contribution in [1.82, 2.24) is 9.78 Å². The molecule has 8 heteroatoms. The number of rotatable bonds is 3. The molecule has 7 nitrogen and oxygen atoms in total. The van der Waals surface area contributed by atoms with Gasteiger partial charge in [0.1, 0.15) is 0 Å². The molecule has 1 aromatic carbocycles. The second kappa shape index (κ2) is 4.63. The van der Waals surface area contributed by atoms with Gasteiger partial charge < -0.3 is 5.43 Å². The Bertz CT molecular complexity index is 591. The average Bonchev–Trinajstić information content (AvgIpc) is 2.69. The van der Waals surface area contributed by atoms with E-state index in [2.05, 4.69) is 10.5 Å². The van der Waals surface area contributed by atoms with E-state index in [1.807, 2.05) is 0 Å². The fraction of sp³-hybridized carbons (Fsp3) is 0.100. The van der Waals surface area contributed by atoms with Crippen LogP contribution in [0.3, 0.4) is 0 Å². The van der Waals surface area contributed by atoms with E-state index < -0.39 is 4.92 Å². The van der Waals surface area contributed by atoms with E-state index in [9.17, 15) is 10.1 Å². The van der Waals surface area contributed by atoms with Gasteiger partial charge >= 0.3 is 0 Å². The number of anilines is 1. The molecular weight excluding hydrogens is 258 g/mol. The van der Waals surface area contributed by atoms with Crippen LogP contribution >= 0.6 is 11.6 Å². The van der Waals surface area contributed by atoms with Crippen molar-refractivity contribution in [3.63, 3.8) is 0 Å². The Hall–Kier alpha value is -2.12. The Morgan fingerprint density at radius 3 is 2.72 bits per heavy atom. The molecule has 0 saturated carbocycles. The van der Waals surface area contributed by atoms with Crippen molar-refractivity contribution in [2.45, 2.75) is 6.92 Å². The normalized spacial score (nSPS) is 10.4. The third-order valence-electron chi connectivity index (χ3n) is 2.38. The Morgan fingerprint density at radius 2 is 2.22 bits per heavy atom. The van der Waals surface area contributed by atoms with Gasteiger partial charge in [-0.05, 0) is 13.0 Å². The van der Waals surface area contributed by atoms with E-state index in [1.165, 1.54) is 16.8 Å². The molecule has 0 radical (unpaired) electrons. The highest BCUT2D eigenvalue weighted by Gasteiger charge is 2.12. The number of aromatic nitrogens is 2. The van der Waals surface area contributed by atoms with Crippen LogP contribution in [0.25, 0.3) is 5.69 Å². The van der Waals surface area contributed by atoms with Crippen molar-refractivity contribution in [2.24, 2.45) is 5.84 Å². The lowest BCUT2D eigenvalue weighted by atomic mass is 10.2. The number of nitrogens with one attached hydrogen (secondary N) is 1. The summed E-state index contributed by atoms with van der Waals surface area (Å²) in [6.45, 7) is 1.75. The van der Waals surface area contributed by atoms with E-state index in [0.29, 0.717) is 22.1 Å². The van der Waals surface area contributed by atoms with Crippen molar-refractivity contribution in [3.8, 4) is 5.69 Å². The number of nitrogens with zero attached hydrogens (tertiary/aromatic N) is 3. The van der Waals surface area contributed by atoms with Crippen molar-refractivity contribution < 1.29 is 4.92 Å². The first kappa shape index (κ1) is 12.3.